The highest BCUT2D eigenvalue weighted by atomic mass is 15.1. The first kappa shape index (κ1) is 14.9. The summed E-state index contributed by atoms with van der Waals surface area (Å²) < 4.78 is 0. The van der Waals surface area contributed by atoms with Gasteiger partial charge in [0.25, 0.3) is 0 Å². The quantitative estimate of drug-likeness (QED) is 0.635. The summed E-state index contributed by atoms with van der Waals surface area (Å²) in [6.45, 7) is 14.1. The summed E-state index contributed by atoms with van der Waals surface area (Å²) in [5.41, 5.74) is 0. The lowest BCUT2D eigenvalue weighted by Crippen LogP contribution is -2.33. The Morgan fingerprint density at radius 1 is 1.13 bits per heavy atom. The van der Waals surface area contributed by atoms with Crippen LogP contribution in [0.25, 0.3) is 0 Å². The predicted octanol–water partition coefficient (Wildman–Crippen LogP) is 2.60. The van der Waals surface area contributed by atoms with E-state index < -0.39 is 0 Å². The summed E-state index contributed by atoms with van der Waals surface area (Å²) in [7, 11) is 2.03. The van der Waals surface area contributed by atoms with Crippen molar-refractivity contribution >= 4 is 0 Å². The summed E-state index contributed by atoms with van der Waals surface area (Å²) in [6.07, 6.45) is 2.56. The summed E-state index contributed by atoms with van der Waals surface area (Å²) >= 11 is 0. The molecule has 92 valence electrons. The number of nitrogens with zero attached hydrogens (tertiary/aromatic N) is 1. The van der Waals surface area contributed by atoms with Crippen LogP contribution in [-0.2, 0) is 0 Å². The minimum atomic E-state index is 0.785. The molecule has 1 unspecified atom stereocenters. The second-order valence-electron chi connectivity index (χ2n) is 5.15. The maximum absolute atomic E-state index is 3.23. The Balaban J connectivity index is 3.81. The first-order valence-electron chi connectivity index (χ1n) is 6.47. The molecule has 15 heavy (non-hydrogen) atoms. The fourth-order valence-electron chi connectivity index (χ4n) is 2.01. The Morgan fingerprint density at radius 3 is 2.27 bits per heavy atom. The van der Waals surface area contributed by atoms with Gasteiger partial charge in [-0.2, -0.15) is 0 Å². The van der Waals surface area contributed by atoms with Crippen molar-refractivity contribution < 1.29 is 0 Å². The van der Waals surface area contributed by atoms with E-state index in [2.05, 4.69) is 37.9 Å². The van der Waals surface area contributed by atoms with Gasteiger partial charge in [-0.05, 0) is 44.8 Å². The Hall–Kier alpha value is -0.0800. The van der Waals surface area contributed by atoms with E-state index in [1.807, 2.05) is 7.05 Å². The van der Waals surface area contributed by atoms with Crippen molar-refractivity contribution in [1.29, 1.82) is 0 Å². The van der Waals surface area contributed by atoms with Gasteiger partial charge >= 0.3 is 0 Å². The lowest BCUT2D eigenvalue weighted by atomic mass is 10.1. The second-order valence-corrected chi connectivity index (χ2v) is 5.15. The van der Waals surface area contributed by atoms with Crippen molar-refractivity contribution in [3.8, 4) is 0 Å². The predicted molar refractivity (Wildman–Crippen MR) is 69.3 cm³/mol. The van der Waals surface area contributed by atoms with Crippen LogP contribution in [-0.4, -0.2) is 38.1 Å². The fraction of sp³-hybridized carbons (Fsp3) is 1.00. The van der Waals surface area contributed by atoms with Gasteiger partial charge in [-0.25, -0.2) is 0 Å². The SMILES string of the molecule is CCCN(CC(C)C)CC(C)CCNC. The van der Waals surface area contributed by atoms with Gasteiger partial charge in [0, 0.05) is 13.1 Å². The Morgan fingerprint density at radius 2 is 1.80 bits per heavy atom. The van der Waals surface area contributed by atoms with E-state index in [-0.39, 0.29) is 0 Å². The van der Waals surface area contributed by atoms with E-state index in [9.17, 15) is 0 Å². The normalized spacial score (nSPS) is 13.8. The largest absolute Gasteiger partial charge is 0.320 e. The zero-order valence-electron chi connectivity index (χ0n) is 11.3. The van der Waals surface area contributed by atoms with Crippen LogP contribution in [0.15, 0.2) is 0 Å². The Bertz CT molecular complexity index is 134. The van der Waals surface area contributed by atoms with Crippen LogP contribution >= 0.6 is 0 Å². The van der Waals surface area contributed by atoms with Crippen LogP contribution in [0, 0.1) is 11.8 Å². The smallest absolute Gasteiger partial charge is 0.000760 e. The molecule has 0 amide bonds. The third kappa shape index (κ3) is 8.88. The number of rotatable bonds is 9. The summed E-state index contributed by atoms with van der Waals surface area (Å²) in [4.78, 5) is 2.62. The molecular formula is C13H30N2. The molecule has 0 heterocycles. The molecule has 2 heteroatoms. The average molecular weight is 214 g/mol. The van der Waals surface area contributed by atoms with Crippen molar-refractivity contribution in [2.24, 2.45) is 11.8 Å². The van der Waals surface area contributed by atoms with Crippen molar-refractivity contribution in [3.63, 3.8) is 0 Å². The molecule has 0 aliphatic heterocycles. The van der Waals surface area contributed by atoms with Gasteiger partial charge in [0.2, 0.25) is 0 Å². The standard InChI is InChI=1S/C13H30N2/c1-6-9-15(10-12(2)3)11-13(4)7-8-14-5/h12-14H,6-11H2,1-5H3. The van der Waals surface area contributed by atoms with Crippen molar-refractivity contribution in [2.75, 3.05) is 33.2 Å². The van der Waals surface area contributed by atoms with E-state index in [1.165, 1.54) is 32.5 Å². The van der Waals surface area contributed by atoms with E-state index >= 15 is 0 Å². The van der Waals surface area contributed by atoms with E-state index in [1.54, 1.807) is 0 Å². The monoisotopic (exact) mass is 214 g/mol. The molecular weight excluding hydrogens is 184 g/mol. The van der Waals surface area contributed by atoms with Crippen LogP contribution in [0.4, 0.5) is 0 Å². The van der Waals surface area contributed by atoms with Crippen molar-refractivity contribution in [1.82, 2.24) is 10.2 Å². The fourth-order valence-corrected chi connectivity index (χ4v) is 2.01. The third-order valence-electron chi connectivity index (χ3n) is 2.62. The summed E-state index contributed by atoms with van der Waals surface area (Å²) in [5.74, 6) is 1.59. The minimum Gasteiger partial charge on any atom is -0.320 e. The molecule has 0 saturated carbocycles. The van der Waals surface area contributed by atoms with Gasteiger partial charge in [0.05, 0.1) is 0 Å². The lowest BCUT2D eigenvalue weighted by Gasteiger charge is -2.26. The van der Waals surface area contributed by atoms with Gasteiger partial charge in [-0.1, -0.05) is 27.7 Å². The molecule has 0 aliphatic carbocycles. The van der Waals surface area contributed by atoms with Crippen LogP contribution < -0.4 is 5.32 Å². The van der Waals surface area contributed by atoms with Crippen molar-refractivity contribution in [3.05, 3.63) is 0 Å². The summed E-state index contributed by atoms with van der Waals surface area (Å²) in [6, 6.07) is 0. The van der Waals surface area contributed by atoms with Crippen molar-refractivity contribution in [2.45, 2.75) is 40.5 Å². The highest BCUT2D eigenvalue weighted by Crippen LogP contribution is 2.07. The molecule has 0 aromatic heterocycles. The topological polar surface area (TPSA) is 15.3 Å². The molecule has 0 bridgehead atoms. The molecule has 0 aromatic rings. The first-order valence-corrected chi connectivity index (χ1v) is 6.47. The zero-order valence-corrected chi connectivity index (χ0v) is 11.3. The number of nitrogens with one attached hydrogen (secondary N) is 1. The molecule has 1 N–H and O–H groups in total. The van der Waals surface area contributed by atoms with Gasteiger partial charge in [0.1, 0.15) is 0 Å². The number of hydrogen-bond donors (Lipinski definition) is 1. The van der Waals surface area contributed by atoms with E-state index in [0.29, 0.717) is 0 Å². The maximum atomic E-state index is 3.23. The Labute approximate surface area is 96.4 Å². The molecule has 1 atom stereocenters. The molecule has 0 spiro atoms. The molecule has 0 fully saturated rings. The molecule has 0 rings (SSSR count). The van der Waals surface area contributed by atoms with Crippen LogP contribution in [0.3, 0.4) is 0 Å². The average Bonchev–Trinajstić information content (AvgIpc) is 2.14. The van der Waals surface area contributed by atoms with Gasteiger partial charge in [0.15, 0.2) is 0 Å². The molecule has 2 nitrogen and oxygen atoms in total. The van der Waals surface area contributed by atoms with E-state index in [0.717, 1.165) is 18.4 Å². The molecule has 0 aromatic carbocycles. The highest BCUT2D eigenvalue weighted by Gasteiger charge is 2.10. The van der Waals surface area contributed by atoms with Gasteiger partial charge in [-0.15, -0.1) is 0 Å². The lowest BCUT2D eigenvalue weighted by molar-refractivity contribution is 0.209. The third-order valence-corrected chi connectivity index (χ3v) is 2.62. The van der Waals surface area contributed by atoms with Crippen LogP contribution in [0.5, 0.6) is 0 Å². The molecule has 0 saturated heterocycles. The zero-order chi connectivity index (χ0) is 11.7. The highest BCUT2D eigenvalue weighted by molar-refractivity contribution is 4.65. The van der Waals surface area contributed by atoms with Gasteiger partial charge < -0.3 is 10.2 Å². The second kappa shape index (κ2) is 9.17. The number of hydrogen-bond acceptors (Lipinski definition) is 2. The molecule has 0 aliphatic rings. The van der Waals surface area contributed by atoms with Gasteiger partial charge in [-0.3, -0.25) is 0 Å². The minimum absolute atomic E-state index is 0.785. The van der Waals surface area contributed by atoms with E-state index in [4.69, 9.17) is 0 Å². The van der Waals surface area contributed by atoms with Crippen LogP contribution in [0.2, 0.25) is 0 Å². The molecule has 0 radical (unpaired) electrons. The first-order chi connectivity index (χ1) is 7.10. The maximum Gasteiger partial charge on any atom is 0.000760 e. The Kier molecular flexibility index (Phi) is 9.12. The van der Waals surface area contributed by atoms with Crippen LogP contribution in [0.1, 0.15) is 40.5 Å². The summed E-state index contributed by atoms with van der Waals surface area (Å²) in [5, 5.41) is 3.23.